The molecule has 0 saturated heterocycles. The van der Waals surface area contributed by atoms with E-state index in [1.807, 2.05) is 19.9 Å². The van der Waals surface area contributed by atoms with E-state index in [1.165, 1.54) is 6.08 Å². The molecule has 0 N–H and O–H groups in total. The lowest BCUT2D eigenvalue weighted by molar-refractivity contribution is -0.104. The average Bonchev–Trinajstić information content (AvgIpc) is 2.12. The van der Waals surface area contributed by atoms with Gasteiger partial charge in [0, 0.05) is 13.0 Å². The van der Waals surface area contributed by atoms with Crippen LogP contribution in [0.1, 0.15) is 27.2 Å². The highest BCUT2D eigenvalue weighted by molar-refractivity contribution is 5.64. The van der Waals surface area contributed by atoms with Crippen LogP contribution in [0, 0.1) is 5.92 Å². The molecule has 2 nitrogen and oxygen atoms in total. The van der Waals surface area contributed by atoms with Crippen LogP contribution in [-0.2, 0) is 9.53 Å². The molecule has 0 aliphatic carbocycles. The number of hydrogen-bond donors (Lipinski definition) is 0. The van der Waals surface area contributed by atoms with Crippen LogP contribution in [-0.4, -0.2) is 19.0 Å². The summed E-state index contributed by atoms with van der Waals surface area (Å²) in [5, 5.41) is 0. The van der Waals surface area contributed by atoms with Gasteiger partial charge in [0.2, 0.25) is 0 Å². The molecule has 0 aliphatic heterocycles. The monoisotopic (exact) mass is 170 g/mol. The van der Waals surface area contributed by atoms with Gasteiger partial charge in [0.15, 0.2) is 0 Å². The molecular weight excluding hydrogens is 152 g/mol. The number of aldehydes is 1. The first kappa shape index (κ1) is 11.4. The molecule has 0 bridgehead atoms. The molecule has 2 heteroatoms. The van der Waals surface area contributed by atoms with Crippen molar-refractivity contribution >= 4 is 6.29 Å². The summed E-state index contributed by atoms with van der Waals surface area (Å²) in [4.78, 5) is 10.1. The first-order valence-electron chi connectivity index (χ1n) is 4.27. The Morgan fingerprint density at radius 2 is 2.17 bits per heavy atom. The molecule has 0 amide bonds. The minimum Gasteiger partial charge on any atom is -0.378 e. The van der Waals surface area contributed by atoms with Gasteiger partial charge >= 0.3 is 0 Å². The Morgan fingerprint density at radius 1 is 1.58 bits per heavy atom. The van der Waals surface area contributed by atoms with E-state index < -0.39 is 0 Å². The molecule has 0 fully saturated rings. The van der Waals surface area contributed by atoms with Crippen LogP contribution in [0.4, 0.5) is 0 Å². The first-order valence-corrected chi connectivity index (χ1v) is 4.27. The fourth-order valence-corrected chi connectivity index (χ4v) is 1.07. The van der Waals surface area contributed by atoms with Gasteiger partial charge in [0.05, 0.1) is 5.60 Å². The normalized spacial score (nSPS) is 19.0. The van der Waals surface area contributed by atoms with Gasteiger partial charge < -0.3 is 4.74 Å². The van der Waals surface area contributed by atoms with E-state index in [4.69, 9.17) is 4.74 Å². The molecule has 0 aliphatic rings. The predicted octanol–water partition coefficient (Wildman–Crippen LogP) is 2.19. The highest BCUT2D eigenvalue weighted by atomic mass is 16.5. The minimum atomic E-state index is -0.153. The van der Waals surface area contributed by atoms with Crippen LogP contribution in [0.15, 0.2) is 12.2 Å². The number of carbonyl (C=O) groups is 1. The highest BCUT2D eigenvalue weighted by Gasteiger charge is 2.26. The van der Waals surface area contributed by atoms with Gasteiger partial charge in [-0.1, -0.05) is 19.9 Å². The molecule has 0 aromatic carbocycles. The van der Waals surface area contributed by atoms with Crippen molar-refractivity contribution in [3.8, 4) is 0 Å². The van der Waals surface area contributed by atoms with Crippen LogP contribution in [0.3, 0.4) is 0 Å². The van der Waals surface area contributed by atoms with Crippen molar-refractivity contribution in [3.63, 3.8) is 0 Å². The van der Waals surface area contributed by atoms with Crippen molar-refractivity contribution in [1.29, 1.82) is 0 Å². The third kappa shape index (κ3) is 2.78. The molecule has 0 rings (SSSR count). The summed E-state index contributed by atoms with van der Waals surface area (Å²) in [6.07, 6.45) is 5.13. The zero-order chi connectivity index (χ0) is 9.61. The highest BCUT2D eigenvalue weighted by Crippen LogP contribution is 2.25. The smallest absolute Gasteiger partial charge is 0.142 e. The Labute approximate surface area is 74.6 Å². The zero-order valence-corrected chi connectivity index (χ0v) is 8.33. The topological polar surface area (TPSA) is 26.3 Å². The molecule has 0 aromatic heterocycles. The van der Waals surface area contributed by atoms with Crippen LogP contribution in [0.5, 0.6) is 0 Å². The Hall–Kier alpha value is -0.630. The number of hydrogen-bond acceptors (Lipinski definition) is 2. The summed E-state index contributed by atoms with van der Waals surface area (Å²) in [5.74, 6) is 0.262. The van der Waals surface area contributed by atoms with Gasteiger partial charge in [-0.05, 0) is 19.4 Å². The van der Waals surface area contributed by atoms with Gasteiger partial charge in [0.1, 0.15) is 6.29 Å². The van der Waals surface area contributed by atoms with Crippen LogP contribution >= 0.6 is 0 Å². The fourth-order valence-electron chi connectivity index (χ4n) is 1.07. The Bertz CT molecular complexity index is 157. The largest absolute Gasteiger partial charge is 0.378 e. The number of allylic oxidation sites excluding steroid dienone is 1. The van der Waals surface area contributed by atoms with Crippen molar-refractivity contribution in [3.05, 3.63) is 12.2 Å². The molecule has 0 aromatic rings. The molecule has 2 atom stereocenters. The molecule has 0 saturated carbocycles. The Morgan fingerprint density at radius 3 is 2.50 bits per heavy atom. The van der Waals surface area contributed by atoms with E-state index in [1.54, 1.807) is 7.11 Å². The van der Waals surface area contributed by atoms with E-state index in [0.29, 0.717) is 0 Å². The molecule has 2 unspecified atom stereocenters. The number of methoxy groups -OCH3 is 1. The molecule has 12 heavy (non-hydrogen) atoms. The van der Waals surface area contributed by atoms with Crippen molar-refractivity contribution in [2.45, 2.75) is 32.8 Å². The Kier molecular flexibility index (Phi) is 4.83. The lowest BCUT2D eigenvalue weighted by Gasteiger charge is -2.31. The second-order valence-electron chi connectivity index (χ2n) is 3.18. The SMILES string of the molecule is CCC(C)(OC)C(C)/C=C/C=O. The fraction of sp³-hybridized carbons (Fsp3) is 0.700. The lowest BCUT2D eigenvalue weighted by atomic mass is 9.88. The van der Waals surface area contributed by atoms with Crippen LogP contribution in [0.25, 0.3) is 0 Å². The summed E-state index contributed by atoms with van der Waals surface area (Å²) < 4.78 is 5.38. The van der Waals surface area contributed by atoms with E-state index >= 15 is 0 Å². The number of rotatable bonds is 5. The van der Waals surface area contributed by atoms with Gasteiger partial charge in [-0.25, -0.2) is 0 Å². The molecule has 70 valence electrons. The summed E-state index contributed by atoms with van der Waals surface area (Å²) >= 11 is 0. The summed E-state index contributed by atoms with van der Waals surface area (Å²) in [5.41, 5.74) is -0.153. The maximum atomic E-state index is 10.1. The Balaban J connectivity index is 4.30. The van der Waals surface area contributed by atoms with Gasteiger partial charge in [0.25, 0.3) is 0 Å². The van der Waals surface area contributed by atoms with Gasteiger partial charge in [-0.2, -0.15) is 0 Å². The molecule has 0 spiro atoms. The summed E-state index contributed by atoms with van der Waals surface area (Å²) in [7, 11) is 1.70. The number of carbonyl (C=O) groups excluding carboxylic acids is 1. The first-order chi connectivity index (χ1) is 5.60. The van der Waals surface area contributed by atoms with E-state index in [0.717, 1.165) is 12.7 Å². The molecule has 0 heterocycles. The maximum absolute atomic E-state index is 10.1. The van der Waals surface area contributed by atoms with Gasteiger partial charge in [-0.15, -0.1) is 0 Å². The van der Waals surface area contributed by atoms with E-state index in [2.05, 4.69) is 6.92 Å². The van der Waals surface area contributed by atoms with Crippen LogP contribution in [0.2, 0.25) is 0 Å². The maximum Gasteiger partial charge on any atom is 0.142 e. The summed E-state index contributed by atoms with van der Waals surface area (Å²) in [6, 6.07) is 0. The van der Waals surface area contributed by atoms with Crippen molar-refractivity contribution in [2.75, 3.05) is 7.11 Å². The molecule has 0 radical (unpaired) electrons. The molecular formula is C10H18O2. The van der Waals surface area contributed by atoms with E-state index in [-0.39, 0.29) is 11.5 Å². The minimum absolute atomic E-state index is 0.153. The summed E-state index contributed by atoms with van der Waals surface area (Å²) in [6.45, 7) is 6.18. The van der Waals surface area contributed by atoms with Crippen molar-refractivity contribution < 1.29 is 9.53 Å². The quantitative estimate of drug-likeness (QED) is 0.467. The number of ether oxygens (including phenoxy) is 1. The lowest BCUT2D eigenvalue weighted by Crippen LogP contribution is -2.33. The third-order valence-electron chi connectivity index (χ3n) is 2.61. The second kappa shape index (κ2) is 5.09. The zero-order valence-electron chi connectivity index (χ0n) is 8.33. The van der Waals surface area contributed by atoms with Crippen molar-refractivity contribution in [2.24, 2.45) is 5.92 Å². The second-order valence-corrected chi connectivity index (χ2v) is 3.18. The standard InChI is InChI=1S/C10H18O2/c1-5-10(3,12-4)9(2)7-6-8-11/h6-9H,5H2,1-4H3/b7-6+. The van der Waals surface area contributed by atoms with Crippen LogP contribution < -0.4 is 0 Å². The van der Waals surface area contributed by atoms with E-state index in [9.17, 15) is 4.79 Å². The van der Waals surface area contributed by atoms with Gasteiger partial charge in [-0.3, -0.25) is 4.79 Å². The average molecular weight is 170 g/mol. The van der Waals surface area contributed by atoms with Crippen molar-refractivity contribution in [1.82, 2.24) is 0 Å². The predicted molar refractivity (Wildman–Crippen MR) is 50.1 cm³/mol. The third-order valence-corrected chi connectivity index (χ3v) is 2.61.